The lowest BCUT2D eigenvalue weighted by molar-refractivity contribution is 0.00437. The number of carbonyl (C=O) groups excluding carboxylic acids is 1. The molecule has 1 amide bonds. The van der Waals surface area contributed by atoms with Gasteiger partial charge in [-0.3, -0.25) is 0 Å². The van der Waals surface area contributed by atoms with Crippen molar-refractivity contribution in [2.45, 2.75) is 45.4 Å². The summed E-state index contributed by atoms with van der Waals surface area (Å²) in [5.74, 6) is 0. The molecule has 1 aromatic heterocycles. The fourth-order valence-corrected chi connectivity index (χ4v) is 3.13. The van der Waals surface area contributed by atoms with Crippen LogP contribution in [0.2, 0.25) is 4.34 Å². The molecule has 1 saturated heterocycles. The van der Waals surface area contributed by atoms with Gasteiger partial charge < -0.3 is 15.0 Å². The molecule has 4 nitrogen and oxygen atoms in total. The van der Waals surface area contributed by atoms with Crippen LogP contribution in [-0.2, 0) is 4.74 Å². The molecular weight excluding hydrogens is 296 g/mol. The van der Waals surface area contributed by atoms with Crippen molar-refractivity contribution in [3.63, 3.8) is 0 Å². The molecule has 1 aliphatic rings. The summed E-state index contributed by atoms with van der Waals surface area (Å²) in [6, 6.07) is 4.51. The quantitative estimate of drug-likeness (QED) is 0.925. The fourth-order valence-electron chi connectivity index (χ4n) is 2.06. The van der Waals surface area contributed by atoms with Crippen molar-refractivity contribution in [2.75, 3.05) is 13.1 Å². The van der Waals surface area contributed by atoms with Gasteiger partial charge in [0.15, 0.2) is 0 Å². The van der Waals surface area contributed by atoms with E-state index in [0.717, 1.165) is 4.34 Å². The van der Waals surface area contributed by atoms with E-state index < -0.39 is 5.60 Å². The zero-order chi connectivity index (χ0) is 14.9. The highest BCUT2D eigenvalue weighted by atomic mass is 35.5. The number of carbonyl (C=O) groups is 1. The maximum absolute atomic E-state index is 11.8. The van der Waals surface area contributed by atoms with E-state index in [-0.39, 0.29) is 12.1 Å². The summed E-state index contributed by atoms with van der Waals surface area (Å²) in [6.07, 6.45) is -0.234. The minimum absolute atomic E-state index is 0.234. The Morgan fingerprint density at radius 3 is 2.65 bits per heavy atom. The number of hydrogen-bond acceptors (Lipinski definition) is 4. The third-order valence-electron chi connectivity index (χ3n) is 3.04. The first-order valence-electron chi connectivity index (χ1n) is 6.74. The van der Waals surface area contributed by atoms with Gasteiger partial charge in [-0.2, -0.15) is 0 Å². The van der Waals surface area contributed by atoms with Gasteiger partial charge in [0.2, 0.25) is 0 Å². The van der Waals surface area contributed by atoms with E-state index in [2.05, 4.69) is 12.2 Å². The van der Waals surface area contributed by atoms with Gasteiger partial charge in [-0.1, -0.05) is 11.6 Å². The lowest BCUT2D eigenvalue weighted by atomic mass is 10.1. The average Bonchev–Trinajstić information content (AvgIpc) is 2.66. The first-order valence-corrected chi connectivity index (χ1v) is 7.93. The molecule has 0 aliphatic carbocycles. The number of ether oxygens (including phenoxy) is 1. The van der Waals surface area contributed by atoms with Gasteiger partial charge >= 0.3 is 6.09 Å². The molecule has 1 aromatic rings. The van der Waals surface area contributed by atoms with Gasteiger partial charge in [-0.25, -0.2) is 4.79 Å². The maximum atomic E-state index is 11.8. The van der Waals surface area contributed by atoms with E-state index in [1.165, 1.54) is 4.88 Å². The molecule has 0 saturated carbocycles. The molecule has 0 bridgehead atoms. The third kappa shape index (κ3) is 4.11. The van der Waals surface area contributed by atoms with E-state index >= 15 is 0 Å². The number of nitrogens with one attached hydrogen (secondary N) is 1. The van der Waals surface area contributed by atoms with Crippen molar-refractivity contribution in [1.82, 2.24) is 10.2 Å². The standard InChI is InChI=1S/C14H21ClN2O2S/c1-9(11-5-6-12(15)20-11)16-10-7-17(8-10)13(18)19-14(2,3)4/h5-6,9-10,16H,7-8H2,1-4H3. The van der Waals surface area contributed by atoms with Crippen LogP contribution in [0.1, 0.15) is 38.6 Å². The van der Waals surface area contributed by atoms with Crippen molar-refractivity contribution in [1.29, 1.82) is 0 Å². The largest absolute Gasteiger partial charge is 0.444 e. The number of nitrogens with zero attached hydrogens (tertiary/aromatic N) is 1. The Bertz CT molecular complexity index is 478. The molecule has 2 heterocycles. The third-order valence-corrected chi connectivity index (χ3v) is 4.45. The van der Waals surface area contributed by atoms with Crippen molar-refractivity contribution in [3.05, 3.63) is 21.3 Å². The molecule has 1 aliphatic heterocycles. The van der Waals surface area contributed by atoms with Gasteiger partial charge in [0.05, 0.1) is 4.34 Å². The highest BCUT2D eigenvalue weighted by Gasteiger charge is 2.34. The normalized spacial score (nSPS) is 17.8. The Balaban J connectivity index is 1.75. The van der Waals surface area contributed by atoms with E-state index in [0.29, 0.717) is 19.1 Å². The van der Waals surface area contributed by atoms with Crippen molar-refractivity contribution >= 4 is 29.0 Å². The van der Waals surface area contributed by atoms with Gasteiger partial charge in [0.1, 0.15) is 5.60 Å². The second kappa shape index (κ2) is 5.92. The molecule has 2 rings (SSSR count). The number of rotatable bonds is 3. The van der Waals surface area contributed by atoms with Gasteiger partial charge in [0, 0.05) is 30.1 Å². The summed E-state index contributed by atoms with van der Waals surface area (Å²) in [4.78, 5) is 14.7. The summed E-state index contributed by atoms with van der Waals surface area (Å²) in [5.41, 5.74) is -0.434. The molecule has 112 valence electrons. The summed E-state index contributed by atoms with van der Waals surface area (Å²) in [7, 11) is 0. The number of thiophene rings is 1. The molecule has 1 atom stereocenters. The molecular formula is C14H21ClN2O2S. The predicted octanol–water partition coefficient (Wildman–Crippen LogP) is 3.67. The predicted molar refractivity (Wildman–Crippen MR) is 82.5 cm³/mol. The molecule has 1 N–H and O–H groups in total. The number of hydrogen-bond donors (Lipinski definition) is 1. The van der Waals surface area contributed by atoms with Gasteiger partial charge in [0.25, 0.3) is 0 Å². The number of likely N-dealkylation sites (tertiary alicyclic amines) is 1. The lowest BCUT2D eigenvalue weighted by Crippen LogP contribution is -2.60. The van der Waals surface area contributed by atoms with E-state index in [4.69, 9.17) is 16.3 Å². The van der Waals surface area contributed by atoms with E-state index in [1.807, 2.05) is 32.9 Å². The van der Waals surface area contributed by atoms with Crippen LogP contribution in [0.15, 0.2) is 12.1 Å². The molecule has 0 spiro atoms. The van der Waals surface area contributed by atoms with Crippen LogP contribution >= 0.6 is 22.9 Å². The average molecular weight is 317 g/mol. The molecule has 1 unspecified atom stereocenters. The summed E-state index contributed by atoms with van der Waals surface area (Å²) >= 11 is 7.52. The Labute approximate surface area is 129 Å². The summed E-state index contributed by atoms with van der Waals surface area (Å²) in [6.45, 7) is 9.13. The zero-order valence-electron chi connectivity index (χ0n) is 12.3. The molecule has 0 aromatic carbocycles. The van der Waals surface area contributed by atoms with Crippen molar-refractivity contribution in [2.24, 2.45) is 0 Å². The van der Waals surface area contributed by atoms with Gasteiger partial charge in [-0.15, -0.1) is 11.3 Å². The first kappa shape index (κ1) is 15.6. The van der Waals surface area contributed by atoms with Crippen LogP contribution in [0.3, 0.4) is 0 Å². The Morgan fingerprint density at radius 2 is 2.15 bits per heavy atom. The zero-order valence-corrected chi connectivity index (χ0v) is 13.8. The molecule has 6 heteroatoms. The minimum atomic E-state index is -0.434. The molecule has 20 heavy (non-hydrogen) atoms. The van der Waals surface area contributed by atoms with Crippen LogP contribution in [0.5, 0.6) is 0 Å². The highest BCUT2D eigenvalue weighted by molar-refractivity contribution is 7.16. The molecule has 0 radical (unpaired) electrons. The van der Waals surface area contributed by atoms with E-state index in [9.17, 15) is 4.79 Å². The maximum Gasteiger partial charge on any atom is 0.410 e. The van der Waals surface area contributed by atoms with E-state index in [1.54, 1.807) is 16.2 Å². The lowest BCUT2D eigenvalue weighted by Gasteiger charge is -2.41. The van der Waals surface area contributed by atoms with Crippen LogP contribution in [0, 0.1) is 0 Å². The highest BCUT2D eigenvalue weighted by Crippen LogP contribution is 2.27. The summed E-state index contributed by atoms with van der Waals surface area (Å²) in [5, 5.41) is 3.50. The van der Waals surface area contributed by atoms with Crippen LogP contribution in [-0.4, -0.2) is 35.7 Å². The smallest absolute Gasteiger partial charge is 0.410 e. The topological polar surface area (TPSA) is 41.6 Å². The second-order valence-corrected chi connectivity index (χ2v) is 7.86. The van der Waals surface area contributed by atoms with Crippen LogP contribution in [0.25, 0.3) is 0 Å². The number of halogens is 1. The Kier molecular flexibility index (Phi) is 4.62. The monoisotopic (exact) mass is 316 g/mol. The van der Waals surface area contributed by atoms with Crippen molar-refractivity contribution in [3.8, 4) is 0 Å². The molecule has 1 fully saturated rings. The SMILES string of the molecule is CC(NC1CN(C(=O)OC(C)(C)C)C1)c1ccc(Cl)s1. The van der Waals surface area contributed by atoms with Gasteiger partial charge in [-0.05, 0) is 39.8 Å². The second-order valence-electron chi connectivity index (χ2n) is 6.11. The minimum Gasteiger partial charge on any atom is -0.444 e. The number of amides is 1. The Morgan fingerprint density at radius 1 is 1.50 bits per heavy atom. The van der Waals surface area contributed by atoms with Crippen molar-refractivity contribution < 1.29 is 9.53 Å². The van der Waals surface area contributed by atoms with Crippen LogP contribution in [0.4, 0.5) is 4.79 Å². The van der Waals surface area contributed by atoms with Crippen LogP contribution < -0.4 is 5.32 Å². The Hall–Kier alpha value is -0.780. The first-order chi connectivity index (χ1) is 9.24. The summed E-state index contributed by atoms with van der Waals surface area (Å²) < 4.78 is 6.13. The fraction of sp³-hybridized carbons (Fsp3) is 0.643.